The summed E-state index contributed by atoms with van der Waals surface area (Å²) in [7, 11) is 0. The molecule has 0 spiro atoms. The van der Waals surface area contributed by atoms with E-state index in [1.165, 1.54) is 17.4 Å². The van der Waals surface area contributed by atoms with Gasteiger partial charge in [0.15, 0.2) is 0 Å². The molecule has 21 heavy (non-hydrogen) atoms. The first-order chi connectivity index (χ1) is 9.94. The summed E-state index contributed by atoms with van der Waals surface area (Å²) in [4.78, 5) is 23.8. The van der Waals surface area contributed by atoms with Crippen LogP contribution in [0.15, 0.2) is 18.2 Å². The van der Waals surface area contributed by atoms with Crippen molar-refractivity contribution in [3.05, 3.63) is 34.5 Å². The van der Waals surface area contributed by atoms with Crippen molar-refractivity contribution >= 4 is 33.3 Å². The van der Waals surface area contributed by atoms with E-state index in [4.69, 9.17) is 5.11 Å². The number of thiophene rings is 1. The first kappa shape index (κ1) is 14.0. The van der Waals surface area contributed by atoms with E-state index < -0.39 is 11.4 Å². The van der Waals surface area contributed by atoms with Crippen molar-refractivity contribution in [3.63, 3.8) is 0 Å². The average Bonchev–Trinajstić information content (AvgIpc) is 3.16. The second-order valence-corrected chi connectivity index (χ2v) is 6.49. The van der Waals surface area contributed by atoms with Crippen LogP contribution in [0.2, 0.25) is 0 Å². The van der Waals surface area contributed by atoms with E-state index in [1.807, 2.05) is 0 Å². The quantitative estimate of drug-likeness (QED) is 0.912. The molecule has 1 heterocycles. The van der Waals surface area contributed by atoms with Gasteiger partial charge in [-0.05, 0) is 37.5 Å². The van der Waals surface area contributed by atoms with Gasteiger partial charge in [0.1, 0.15) is 5.82 Å². The van der Waals surface area contributed by atoms with Crippen molar-refractivity contribution in [1.29, 1.82) is 0 Å². The molecule has 1 aromatic carbocycles. The first-order valence-electron chi connectivity index (χ1n) is 6.64. The monoisotopic (exact) mass is 307 g/mol. The van der Waals surface area contributed by atoms with E-state index in [1.54, 1.807) is 19.1 Å². The van der Waals surface area contributed by atoms with Crippen LogP contribution in [0.5, 0.6) is 0 Å². The number of hydrogen-bond acceptors (Lipinski definition) is 3. The lowest BCUT2D eigenvalue weighted by atomic mass is 10.1. The largest absolute Gasteiger partial charge is 0.481 e. The number of carbonyl (C=O) groups is 2. The van der Waals surface area contributed by atoms with Gasteiger partial charge in [0.2, 0.25) is 0 Å². The van der Waals surface area contributed by atoms with Gasteiger partial charge in [-0.2, -0.15) is 0 Å². The molecule has 6 heteroatoms. The Labute approximate surface area is 124 Å². The van der Waals surface area contributed by atoms with Gasteiger partial charge in [-0.15, -0.1) is 11.3 Å². The van der Waals surface area contributed by atoms with Crippen LogP contribution in [0.25, 0.3) is 10.1 Å². The molecule has 0 saturated heterocycles. The number of carbonyl (C=O) groups excluding carboxylic acids is 1. The molecule has 2 N–H and O–H groups in total. The number of benzene rings is 1. The summed E-state index contributed by atoms with van der Waals surface area (Å²) in [5, 5.41) is 12.2. The molecule has 0 unspecified atom stereocenters. The third-order valence-corrected chi connectivity index (χ3v) is 5.26. The fourth-order valence-electron chi connectivity index (χ4n) is 2.42. The van der Waals surface area contributed by atoms with Gasteiger partial charge in [0, 0.05) is 16.6 Å². The maximum atomic E-state index is 13.8. The van der Waals surface area contributed by atoms with Crippen LogP contribution in [-0.2, 0) is 4.79 Å². The third kappa shape index (κ3) is 2.29. The molecule has 1 fully saturated rings. The highest BCUT2D eigenvalue weighted by molar-refractivity contribution is 7.21. The molecule has 0 bridgehead atoms. The minimum absolute atomic E-state index is 0.122. The standard InChI is InChI=1S/C15H14FNO3S/c1-8-11-9(16)3-2-4-10(11)21-12(8)13(18)17-7-15(5-6-15)14(19)20/h2-4H,5-7H2,1H3,(H,17,18)(H,19,20). The van der Waals surface area contributed by atoms with E-state index in [9.17, 15) is 14.0 Å². The Morgan fingerprint density at radius 2 is 2.14 bits per heavy atom. The number of aliphatic carboxylic acids is 1. The summed E-state index contributed by atoms with van der Waals surface area (Å²) in [5.41, 5.74) is -0.198. The number of nitrogens with one attached hydrogen (secondary N) is 1. The second-order valence-electron chi connectivity index (χ2n) is 5.44. The highest BCUT2D eigenvalue weighted by Gasteiger charge is 2.50. The lowest BCUT2D eigenvalue weighted by Gasteiger charge is -2.10. The Morgan fingerprint density at radius 3 is 2.71 bits per heavy atom. The van der Waals surface area contributed by atoms with E-state index in [0.29, 0.717) is 28.7 Å². The third-order valence-electron chi connectivity index (χ3n) is 4.00. The molecule has 1 aliphatic carbocycles. The summed E-state index contributed by atoms with van der Waals surface area (Å²) in [6.07, 6.45) is 1.17. The number of rotatable bonds is 4. The zero-order valence-corrected chi connectivity index (χ0v) is 12.2. The molecule has 2 aromatic rings. The Balaban J connectivity index is 1.84. The molecule has 0 aliphatic heterocycles. The number of amides is 1. The Morgan fingerprint density at radius 1 is 1.43 bits per heavy atom. The lowest BCUT2D eigenvalue weighted by Crippen LogP contribution is -2.34. The Bertz CT molecular complexity index is 749. The van der Waals surface area contributed by atoms with Crippen molar-refractivity contribution in [2.45, 2.75) is 19.8 Å². The predicted octanol–water partition coefficient (Wildman–Crippen LogP) is 2.94. The molecule has 1 aliphatic rings. The number of carboxylic acid groups (broad SMARTS) is 1. The number of carboxylic acids is 1. The molecule has 0 radical (unpaired) electrons. The van der Waals surface area contributed by atoms with E-state index >= 15 is 0 Å². The highest BCUT2D eigenvalue weighted by Crippen LogP contribution is 2.45. The zero-order chi connectivity index (χ0) is 15.2. The van der Waals surface area contributed by atoms with Crippen molar-refractivity contribution in [3.8, 4) is 0 Å². The fourth-order valence-corrected chi connectivity index (χ4v) is 3.56. The van der Waals surface area contributed by atoms with Crippen LogP contribution in [0.4, 0.5) is 4.39 Å². The smallest absolute Gasteiger partial charge is 0.311 e. The highest BCUT2D eigenvalue weighted by atomic mass is 32.1. The normalized spacial score (nSPS) is 15.9. The van der Waals surface area contributed by atoms with Gasteiger partial charge >= 0.3 is 5.97 Å². The van der Waals surface area contributed by atoms with Crippen molar-refractivity contribution in [2.24, 2.45) is 5.41 Å². The second kappa shape index (κ2) is 4.80. The number of hydrogen-bond donors (Lipinski definition) is 2. The van der Waals surface area contributed by atoms with Gasteiger partial charge < -0.3 is 10.4 Å². The van der Waals surface area contributed by atoms with Crippen LogP contribution >= 0.6 is 11.3 Å². The van der Waals surface area contributed by atoms with Crippen LogP contribution in [-0.4, -0.2) is 23.5 Å². The molecule has 3 rings (SSSR count). The van der Waals surface area contributed by atoms with E-state index in [-0.39, 0.29) is 18.3 Å². The zero-order valence-electron chi connectivity index (χ0n) is 11.4. The van der Waals surface area contributed by atoms with Gasteiger partial charge in [0.05, 0.1) is 10.3 Å². The van der Waals surface area contributed by atoms with Gasteiger partial charge in [0.25, 0.3) is 5.91 Å². The Hall–Kier alpha value is -1.95. The summed E-state index contributed by atoms with van der Waals surface area (Å²) < 4.78 is 14.5. The molecular weight excluding hydrogens is 293 g/mol. The lowest BCUT2D eigenvalue weighted by molar-refractivity contribution is -0.143. The number of halogens is 1. The summed E-state index contributed by atoms with van der Waals surface area (Å²) in [6.45, 7) is 1.83. The Kier molecular flexibility index (Phi) is 3.20. The minimum Gasteiger partial charge on any atom is -0.481 e. The maximum absolute atomic E-state index is 13.8. The van der Waals surface area contributed by atoms with Crippen LogP contribution in [0.3, 0.4) is 0 Å². The molecule has 4 nitrogen and oxygen atoms in total. The van der Waals surface area contributed by atoms with E-state index in [0.717, 1.165) is 4.70 Å². The fraction of sp³-hybridized carbons (Fsp3) is 0.333. The van der Waals surface area contributed by atoms with Crippen LogP contribution in [0, 0.1) is 18.2 Å². The molecule has 1 aromatic heterocycles. The summed E-state index contributed by atoms with van der Waals surface area (Å²) >= 11 is 1.23. The average molecular weight is 307 g/mol. The van der Waals surface area contributed by atoms with Crippen LogP contribution in [0.1, 0.15) is 28.1 Å². The van der Waals surface area contributed by atoms with E-state index in [2.05, 4.69) is 5.32 Å². The minimum atomic E-state index is -0.873. The molecule has 110 valence electrons. The summed E-state index contributed by atoms with van der Waals surface area (Å²) in [6, 6.07) is 4.75. The van der Waals surface area contributed by atoms with Gasteiger partial charge in [-0.3, -0.25) is 9.59 Å². The molecule has 1 amide bonds. The first-order valence-corrected chi connectivity index (χ1v) is 7.45. The predicted molar refractivity (Wildman–Crippen MR) is 78.2 cm³/mol. The molecular formula is C15H14FNO3S. The summed E-state index contributed by atoms with van der Waals surface area (Å²) in [5.74, 6) is -1.55. The van der Waals surface area contributed by atoms with Crippen molar-refractivity contribution < 1.29 is 19.1 Å². The van der Waals surface area contributed by atoms with Crippen LogP contribution < -0.4 is 5.32 Å². The van der Waals surface area contributed by atoms with Gasteiger partial charge in [-0.1, -0.05) is 6.07 Å². The maximum Gasteiger partial charge on any atom is 0.311 e. The SMILES string of the molecule is Cc1c(C(=O)NCC2(C(=O)O)CC2)sc2cccc(F)c12. The number of aryl methyl sites for hydroxylation is 1. The van der Waals surface area contributed by atoms with Gasteiger partial charge in [-0.25, -0.2) is 4.39 Å². The number of fused-ring (bicyclic) bond motifs is 1. The molecule has 0 atom stereocenters. The van der Waals surface area contributed by atoms with Crippen molar-refractivity contribution in [1.82, 2.24) is 5.32 Å². The van der Waals surface area contributed by atoms with Crippen molar-refractivity contribution in [2.75, 3.05) is 6.54 Å². The molecule has 1 saturated carbocycles. The topological polar surface area (TPSA) is 66.4 Å².